The van der Waals surface area contributed by atoms with E-state index in [2.05, 4.69) is 9.62 Å². The van der Waals surface area contributed by atoms with Crippen molar-refractivity contribution in [3.05, 3.63) is 53.6 Å². The molecule has 0 spiro atoms. The van der Waals surface area contributed by atoms with Crippen LogP contribution in [0.4, 0.5) is 20.2 Å². The quantitative estimate of drug-likeness (QED) is 0.784. The number of aromatic carboxylic acids is 1. The van der Waals surface area contributed by atoms with E-state index in [4.69, 9.17) is 0 Å². The largest absolute Gasteiger partial charge is 0.478 e. The third-order valence-electron chi connectivity index (χ3n) is 4.52. The Bertz CT molecular complexity index is 1010. The van der Waals surface area contributed by atoms with Crippen LogP contribution in [0.15, 0.2) is 41.3 Å². The number of benzene rings is 2. The van der Waals surface area contributed by atoms with Gasteiger partial charge in [0.25, 0.3) is 10.0 Å². The van der Waals surface area contributed by atoms with Crippen LogP contribution in [0.2, 0.25) is 0 Å². The van der Waals surface area contributed by atoms with Crippen molar-refractivity contribution in [1.29, 1.82) is 0 Å². The van der Waals surface area contributed by atoms with Crippen LogP contribution in [0.5, 0.6) is 0 Å². The number of rotatable bonds is 5. The highest BCUT2D eigenvalue weighted by Crippen LogP contribution is 2.27. The van der Waals surface area contributed by atoms with Crippen molar-refractivity contribution in [2.75, 3.05) is 42.8 Å². The fourth-order valence-electron chi connectivity index (χ4n) is 2.95. The molecule has 0 saturated carbocycles. The first kappa shape index (κ1) is 20.0. The van der Waals surface area contributed by atoms with Gasteiger partial charge >= 0.3 is 5.97 Å². The van der Waals surface area contributed by atoms with E-state index in [1.54, 1.807) is 0 Å². The Labute approximate surface area is 161 Å². The van der Waals surface area contributed by atoms with Crippen LogP contribution in [-0.2, 0) is 10.0 Å². The number of carboxylic acids is 1. The SMILES string of the molecule is CN1CCN(c2ccc(NS(=O)(=O)c3ccc(F)c(F)c3)cc2C(=O)O)CC1. The molecule has 0 aliphatic carbocycles. The number of sulfonamides is 1. The number of nitrogens with zero attached hydrogens (tertiary/aromatic N) is 2. The van der Waals surface area contributed by atoms with Crippen LogP contribution in [-0.4, -0.2) is 57.6 Å². The Kier molecular flexibility index (Phi) is 5.52. The minimum atomic E-state index is -4.21. The van der Waals surface area contributed by atoms with Crippen LogP contribution >= 0.6 is 0 Å². The van der Waals surface area contributed by atoms with Gasteiger partial charge in [0.1, 0.15) is 0 Å². The number of likely N-dealkylation sites (N-methyl/N-ethyl adjacent to an activating group) is 1. The molecule has 7 nitrogen and oxygen atoms in total. The number of carboxylic acid groups (broad SMARTS) is 1. The molecule has 150 valence electrons. The molecular formula is C18H19F2N3O4S. The van der Waals surface area contributed by atoms with Gasteiger partial charge in [0, 0.05) is 31.9 Å². The Morgan fingerprint density at radius 2 is 1.71 bits per heavy atom. The topological polar surface area (TPSA) is 90.0 Å². The summed E-state index contributed by atoms with van der Waals surface area (Å²) in [5.74, 6) is -3.65. The second-order valence-corrected chi connectivity index (χ2v) is 8.19. The van der Waals surface area contributed by atoms with Gasteiger partial charge in [-0.15, -0.1) is 0 Å². The molecule has 1 aliphatic rings. The van der Waals surface area contributed by atoms with Gasteiger partial charge in [-0.1, -0.05) is 0 Å². The maximum atomic E-state index is 13.4. The lowest BCUT2D eigenvalue weighted by Crippen LogP contribution is -2.45. The number of hydrogen-bond acceptors (Lipinski definition) is 5. The van der Waals surface area contributed by atoms with Crippen molar-refractivity contribution >= 4 is 27.4 Å². The van der Waals surface area contributed by atoms with Crippen LogP contribution in [0.25, 0.3) is 0 Å². The van der Waals surface area contributed by atoms with E-state index in [0.29, 0.717) is 30.9 Å². The van der Waals surface area contributed by atoms with Gasteiger partial charge in [-0.05, 0) is 43.4 Å². The third-order valence-corrected chi connectivity index (χ3v) is 5.90. The van der Waals surface area contributed by atoms with Crippen molar-refractivity contribution in [3.8, 4) is 0 Å². The first-order valence-electron chi connectivity index (χ1n) is 8.46. The highest BCUT2D eigenvalue weighted by atomic mass is 32.2. The molecule has 2 aromatic rings. The molecule has 0 unspecified atom stereocenters. The zero-order valence-corrected chi connectivity index (χ0v) is 15.8. The van der Waals surface area contributed by atoms with E-state index in [-0.39, 0.29) is 11.3 Å². The Morgan fingerprint density at radius 3 is 2.32 bits per heavy atom. The second kappa shape index (κ2) is 7.72. The fraction of sp³-hybridized carbons (Fsp3) is 0.278. The third kappa shape index (κ3) is 4.23. The zero-order chi connectivity index (χ0) is 20.5. The summed E-state index contributed by atoms with van der Waals surface area (Å²) in [7, 11) is -2.23. The summed E-state index contributed by atoms with van der Waals surface area (Å²) in [4.78, 5) is 15.3. The summed E-state index contributed by atoms with van der Waals surface area (Å²) in [6.45, 7) is 2.86. The van der Waals surface area contributed by atoms with E-state index >= 15 is 0 Å². The van der Waals surface area contributed by atoms with Crippen LogP contribution in [0, 0.1) is 11.6 Å². The summed E-state index contributed by atoms with van der Waals surface area (Å²) in [6, 6.07) is 6.40. The molecule has 1 saturated heterocycles. The molecule has 0 radical (unpaired) electrons. The average molecular weight is 411 g/mol. The number of nitrogens with one attached hydrogen (secondary N) is 1. The summed E-state index contributed by atoms with van der Waals surface area (Å²) in [6.07, 6.45) is 0. The van der Waals surface area contributed by atoms with Gasteiger partial charge in [-0.25, -0.2) is 22.0 Å². The van der Waals surface area contributed by atoms with E-state index in [9.17, 15) is 27.1 Å². The van der Waals surface area contributed by atoms with Gasteiger partial charge in [0.2, 0.25) is 0 Å². The molecule has 10 heteroatoms. The Balaban J connectivity index is 1.89. The van der Waals surface area contributed by atoms with Gasteiger partial charge in [-0.3, -0.25) is 4.72 Å². The van der Waals surface area contributed by atoms with E-state index in [1.807, 2.05) is 11.9 Å². The molecule has 28 heavy (non-hydrogen) atoms. The highest BCUT2D eigenvalue weighted by Gasteiger charge is 2.22. The molecule has 1 heterocycles. The van der Waals surface area contributed by atoms with Gasteiger partial charge in [-0.2, -0.15) is 0 Å². The molecule has 1 fully saturated rings. The first-order chi connectivity index (χ1) is 13.2. The normalized spacial score (nSPS) is 15.5. The van der Waals surface area contributed by atoms with Crippen molar-refractivity contribution in [2.24, 2.45) is 0 Å². The minimum Gasteiger partial charge on any atom is -0.478 e. The van der Waals surface area contributed by atoms with Crippen molar-refractivity contribution < 1.29 is 27.1 Å². The monoisotopic (exact) mass is 411 g/mol. The molecule has 2 aromatic carbocycles. The molecule has 0 atom stereocenters. The Hall–Kier alpha value is -2.72. The molecule has 0 bridgehead atoms. The predicted octanol–water partition coefficient (Wildman–Crippen LogP) is 2.22. The molecule has 2 N–H and O–H groups in total. The van der Waals surface area contributed by atoms with Gasteiger partial charge in [0.15, 0.2) is 11.6 Å². The standard InChI is InChI=1S/C18H19F2N3O4S/c1-22-6-8-23(9-7-22)17-5-2-12(10-14(17)18(24)25)21-28(26,27)13-3-4-15(19)16(20)11-13/h2-5,10-11,21H,6-9H2,1H3,(H,24,25). The van der Waals surface area contributed by atoms with Crippen molar-refractivity contribution in [2.45, 2.75) is 4.90 Å². The lowest BCUT2D eigenvalue weighted by molar-refractivity contribution is 0.0697. The number of anilines is 2. The molecule has 3 rings (SSSR count). The summed E-state index contributed by atoms with van der Waals surface area (Å²) in [5.41, 5.74) is 0.464. The first-order valence-corrected chi connectivity index (χ1v) is 9.94. The highest BCUT2D eigenvalue weighted by molar-refractivity contribution is 7.92. The van der Waals surface area contributed by atoms with Crippen LogP contribution in [0.1, 0.15) is 10.4 Å². The van der Waals surface area contributed by atoms with Crippen LogP contribution in [0.3, 0.4) is 0 Å². The smallest absolute Gasteiger partial charge is 0.337 e. The summed E-state index contributed by atoms with van der Waals surface area (Å²) < 4.78 is 53.4. The zero-order valence-electron chi connectivity index (χ0n) is 15.0. The van der Waals surface area contributed by atoms with Crippen LogP contribution < -0.4 is 9.62 Å². The number of carbonyl (C=O) groups is 1. The number of halogens is 2. The van der Waals surface area contributed by atoms with Crippen molar-refractivity contribution in [1.82, 2.24) is 4.90 Å². The van der Waals surface area contributed by atoms with Gasteiger partial charge in [0.05, 0.1) is 16.1 Å². The fourth-order valence-corrected chi connectivity index (χ4v) is 4.01. The van der Waals surface area contributed by atoms with E-state index in [0.717, 1.165) is 19.2 Å². The number of hydrogen-bond donors (Lipinski definition) is 2. The molecular weight excluding hydrogens is 392 g/mol. The second-order valence-electron chi connectivity index (χ2n) is 6.51. The Morgan fingerprint density at radius 1 is 1.04 bits per heavy atom. The van der Waals surface area contributed by atoms with Crippen molar-refractivity contribution in [3.63, 3.8) is 0 Å². The molecule has 1 aliphatic heterocycles. The minimum absolute atomic E-state index is 0.0139. The summed E-state index contributed by atoms with van der Waals surface area (Å²) >= 11 is 0. The lowest BCUT2D eigenvalue weighted by atomic mass is 10.1. The molecule has 0 amide bonds. The summed E-state index contributed by atoms with van der Waals surface area (Å²) in [5, 5.41) is 9.55. The maximum Gasteiger partial charge on any atom is 0.337 e. The van der Waals surface area contributed by atoms with E-state index < -0.39 is 32.5 Å². The number of piperazine rings is 1. The lowest BCUT2D eigenvalue weighted by Gasteiger charge is -2.34. The predicted molar refractivity (Wildman–Crippen MR) is 100 cm³/mol. The maximum absolute atomic E-state index is 13.4. The average Bonchev–Trinajstić information content (AvgIpc) is 2.64. The van der Waals surface area contributed by atoms with E-state index in [1.165, 1.54) is 18.2 Å². The van der Waals surface area contributed by atoms with Gasteiger partial charge < -0.3 is 14.9 Å². The molecule has 0 aromatic heterocycles.